The monoisotopic (exact) mass is 414 g/mol. The summed E-state index contributed by atoms with van der Waals surface area (Å²) in [6.45, 7) is 14.3. The van der Waals surface area contributed by atoms with Gasteiger partial charge < -0.3 is 9.64 Å². The second-order valence-corrected chi connectivity index (χ2v) is 10.2. The summed E-state index contributed by atoms with van der Waals surface area (Å²) in [7, 11) is 1.56. The minimum absolute atomic E-state index is 0.00755. The molecule has 164 valence electrons. The highest BCUT2D eigenvalue weighted by atomic mass is 16.5. The number of carbonyl (C=O) groups is 3. The highest BCUT2D eigenvalue weighted by Gasteiger charge is 2.70. The predicted octanol–water partition coefficient (Wildman–Crippen LogP) is 4.03. The van der Waals surface area contributed by atoms with Crippen LogP contribution in [0.5, 0.6) is 5.75 Å². The summed E-state index contributed by atoms with van der Waals surface area (Å²) in [5.74, 6) is -0.171. The average molecular weight is 415 g/mol. The summed E-state index contributed by atoms with van der Waals surface area (Å²) >= 11 is 0. The molecule has 3 rings (SSSR count). The molecule has 2 fully saturated rings. The van der Waals surface area contributed by atoms with E-state index < -0.39 is 11.6 Å². The van der Waals surface area contributed by atoms with Gasteiger partial charge in [0.05, 0.1) is 19.2 Å². The lowest BCUT2D eigenvalue weighted by Crippen LogP contribution is -2.56. The number of hydrogen-bond acceptors (Lipinski definition) is 4. The molecule has 6 nitrogen and oxygen atoms in total. The Balaban J connectivity index is 1.96. The number of anilines is 1. The molecule has 3 amide bonds. The zero-order chi connectivity index (χ0) is 22.6. The number of methoxy groups -OCH3 is 1. The molecule has 1 saturated carbocycles. The first-order valence-electron chi connectivity index (χ1n) is 10.6. The summed E-state index contributed by atoms with van der Waals surface area (Å²) < 4.78 is 5.17. The molecule has 6 heteroatoms. The minimum Gasteiger partial charge on any atom is -0.497 e. The van der Waals surface area contributed by atoms with Crippen molar-refractivity contribution in [3.8, 4) is 5.75 Å². The number of nitrogens with zero attached hydrogens (tertiary/aromatic N) is 2. The number of carbonyl (C=O) groups excluding carboxylic acids is 3. The van der Waals surface area contributed by atoms with Gasteiger partial charge in [-0.3, -0.25) is 14.4 Å². The Bertz CT molecular complexity index is 856. The van der Waals surface area contributed by atoms with Gasteiger partial charge in [-0.15, -0.1) is 0 Å². The molecular formula is C24H34N2O4. The SMILES string of the molecule is CCC(C)(C)N(C(=O)C1C(C)(C)C1(C)C)C1CC(=O)N(c2ccc(OC)cc2)C1=O. The van der Waals surface area contributed by atoms with E-state index in [-0.39, 0.29) is 40.9 Å². The molecule has 0 bridgehead atoms. The molecule has 1 aliphatic heterocycles. The van der Waals surface area contributed by atoms with E-state index in [1.54, 1.807) is 36.3 Å². The van der Waals surface area contributed by atoms with E-state index in [4.69, 9.17) is 4.74 Å². The van der Waals surface area contributed by atoms with Crippen molar-refractivity contribution in [2.24, 2.45) is 16.7 Å². The largest absolute Gasteiger partial charge is 0.497 e. The molecule has 0 spiro atoms. The number of imide groups is 1. The number of ether oxygens (including phenoxy) is 1. The highest BCUT2D eigenvalue weighted by Crippen LogP contribution is 2.69. The second kappa shape index (κ2) is 7.10. The fourth-order valence-corrected chi connectivity index (χ4v) is 4.82. The summed E-state index contributed by atoms with van der Waals surface area (Å²) in [6.07, 6.45) is 0.695. The molecule has 1 aromatic rings. The number of rotatable bonds is 6. The third-order valence-corrected chi connectivity index (χ3v) is 7.79. The molecule has 1 aromatic carbocycles. The lowest BCUT2D eigenvalue weighted by atomic mass is 9.94. The molecule has 0 N–H and O–H groups in total. The van der Waals surface area contributed by atoms with E-state index in [1.807, 2.05) is 20.8 Å². The zero-order valence-corrected chi connectivity index (χ0v) is 19.4. The van der Waals surface area contributed by atoms with Crippen molar-refractivity contribution in [3.05, 3.63) is 24.3 Å². The molecular weight excluding hydrogens is 380 g/mol. The molecule has 1 heterocycles. The maximum Gasteiger partial charge on any atom is 0.257 e. The molecule has 0 radical (unpaired) electrons. The van der Waals surface area contributed by atoms with Crippen molar-refractivity contribution in [2.45, 2.75) is 72.9 Å². The van der Waals surface area contributed by atoms with Crippen LogP contribution in [-0.4, -0.2) is 41.3 Å². The Hall–Kier alpha value is -2.37. The van der Waals surface area contributed by atoms with Gasteiger partial charge in [-0.1, -0.05) is 34.6 Å². The Morgan fingerprint density at radius 3 is 2.10 bits per heavy atom. The average Bonchev–Trinajstić information content (AvgIpc) is 2.91. The van der Waals surface area contributed by atoms with E-state index in [1.165, 1.54) is 4.90 Å². The molecule has 30 heavy (non-hydrogen) atoms. The Labute approximate surface area is 179 Å². The van der Waals surface area contributed by atoms with Gasteiger partial charge in [0.25, 0.3) is 5.91 Å². The van der Waals surface area contributed by atoms with Gasteiger partial charge in [-0.05, 0) is 55.4 Å². The maximum absolute atomic E-state index is 13.7. The van der Waals surface area contributed by atoms with E-state index in [2.05, 4.69) is 27.7 Å². The third kappa shape index (κ3) is 3.21. The number of benzene rings is 1. The first-order valence-corrected chi connectivity index (χ1v) is 10.6. The van der Waals surface area contributed by atoms with Crippen LogP contribution in [0.4, 0.5) is 5.69 Å². The van der Waals surface area contributed by atoms with Gasteiger partial charge in [-0.2, -0.15) is 0 Å². The molecule has 2 aliphatic rings. The first-order chi connectivity index (χ1) is 13.8. The van der Waals surface area contributed by atoms with Crippen LogP contribution in [-0.2, 0) is 14.4 Å². The van der Waals surface area contributed by atoms with E-state index in [0.29, 0.717) is 17.9 Å². The van der Waals surface area contributed by atoms with Crippen LogP contribution >= 0.6 is 0 Å². The van der Waals surface area contributed by atoms with Gasteiger partial charge in [0.15, 0.2) is 0 Å². The lowest BCUT2D eigenvalue weighted by molar-refractivity contribution is -0.147. The topological polar surface area (TPSA) is 66.9 Å². The molecule has 1 atom stereocenters. The van der Waals surface area contributed by atoms with E-state index in [0.717, 1.165) is 0 Å². The van der Waals surface area contributed by atoms with Crippen molar-refractivity contribution in [1.29, 1.82) is 0 Å². The smallest absolute Gasteiger partial charge is 0.257 e. The third-order valence-electron chi connectivity index (χ3n) is 7.79. The fourth-order valence-electron chi connectivity index (χ4n) is 4.82. The van der Waals surface area contributed by atoms with Crippen molar-refractivity contribution in [1.82, 2.24) is 4.90 Å². The fraction of sp³-hybridized carbons (Fsp3) is 0.625. The van der Waals surface area contributed by atoms with Crippen molar-refractivity contribution in [3.63, 3.8) is 0 Å². The summed E-state index contributed by atoms with van der Waals surface area (Å²) in [5, 5.41) is 0. The van der Waals surface area contributed by atoms with Gasteiger partial charge in [0.2, 0.25) is 11.8 Å². The van der Waals surface area contributed by atoms with Gasteiger partial charge in [0.1, 0.15) is 11.8 Å². The predicted molar refractivity (Wildman–Crippen MR) is 116 cm³/mol. The first kappa shape index (κ1) is 22.3. The zero-order valence-electron chi connectivity index (χ0n) is 19.4. The van der Waals surface area contributed by atoms with Gasteiger partial charge >= 0.3 is 0 Å². The quantitative estimate of drug-likeness (QED) is 0.659. The molecule has 1 unspecified atom stereocenters. The van der Waals surface area contributed by atoms with Crippen LogP contribution in [0.3, 0.4) is 0 Å². The van der Waals surface area contributed by atoms with Crippen LogP contribution < -0.4 is 9.64 Å². The summed E-state index contributed by atoms with van der Waals surface area (Å²) in [6, 6.07) is 6.05. The van der Waals surface area contributed by atoms with Crippen LogP contribution in [0, 0.1) is 16.7 Å². The Morgan fingerprint density at radius 1 is 1.13 bits per heavy atom. The second-order valence-electron chi connectivity index (χ2n) is 10.2. The minimum atomic E-state index is -0.783. The molecule has 0 aromatic heterocycles. The van der Waals surface area contributed by atoms with Crippen LogP contribution in [0.2, 0.25) is 0 Å². The molecule has 1 saturated heterocycles. The standard InChI is InChI=1S/C24H34N2O4/c1-9-22(2,3)26(21(29)19-23(4,5)24(19,6)7)17-14-18(27)25(20(17)28)15-10-12-16(30-8)13-11-15/h10-13,17,19H,9,14H2,1-8H3. The van der Waals surface area contributed by atoms with Crippen molar-refractivity contribution in [2.75, 3.05) is 12.0 Å². The number of amides is 3. The maximum atomic E-state index is 13.7. The molecule has 1 aliphatic carbocycles. The Morgan fingerprint density at radius 2 is 1.67 bits per heavy atom. The van der Waals surface area contributed by atoms with Crippen LogP contribution in [0.1, 0.15) is 61.3 Å². The van der Waals surface area contributed by atoms with Crippen molar-refractivity contribution < 1.29 is 19.1 Å². The van der Waals surface area contributed by atoms with Crippen LogP contribution in [0.15, 0.2) is 24.3 Å². The summed E-state index contributed by atoms with van der Waals surface area (Å²) in [4.78, 5) is 42.9. The van der Waals surface area contributed by atoms with Gasteiger partial charge in [-0.25, -0.2) is 4.90 Å². The lowest BCUT2D eigenvalue weighted by Gasteiger charge is -2.41. The van der Waals surface area contributed by atoms with Gasteiger partial charge in [0, 0.05) is 11.5 Å². The highest BCUT2D eigenvalue weighted by molar-refractivity contribution is 6.23. The summed E-state index contributed by atoms with van der Waals surface area (Å²) in [5.41, 5.74) is -0.328. The van der Waals surface area contributed by atoms with E-state index >= 15 is 0 Å². The Kier molecular flexibility index (Phi) is 5.28. The normalized spacial score (nSPS) is 22.9. The van der Waals surface area contributed by atoms with Crippen LogP contribution in [0.25, 0.3) is 0 Å². The van der Waals surface area contributed by atoms with Crippen molar-refractivity contribution >= 4 is 23.4 Å². The van der Waals surface area contributed by atoms with E-state index in [9.17, 15) is 14.4 Å². The number of hydrogen-bond donors (Lipinski definition) is 0.